The number of carbonyl (C=O) groups is 1. The van der Waals surface area contributed by atoms with Crippen LogP contribution in [0, 0.1) is 5.82 Å². The smallest absolute Gasteiger partial charge is 0.303 e. The normalized spacial score (nSPS) is 12.3. The van der Waals surface area contributed by atoms with Crippen LogP contribution in [-0.2, 0) is 4.79 Å². The average Bonchev–Trinajstić information content (AvgIpc) is 2.45. The number of hydrogen-bond donors (Lipinski definition) is 2. The lowest BCUT2D eigenvalue weighted by Gasteiger charge is -2.14. The molecule has 0 amide bonds. The molecule has 5 nitrogen and oxygen atoms in total. The highest BCUT2D eigenvalue weighted by Crippen LogP contribution is 2.30. The Bertz CT molecular complexity index is 659. The lowest BCUT2D eigenvalue weighted by molar-refractivity contribution is -0.137. The molecule has 1 atom stereocenters. The maximum Gasteiger partial charge on any atom is 0.303 e. The molecule has 2 aromatic rings. The number of aliphatic hydroxyl groups is 1. The van der Waals surface area contributed by atoms with Crippen LogP contribution in [0.2, 0.25) is 0 Å². The molecule has 0 radical (unpaired) electrons. The van der Waals surface area contributed by atoms with E-state index in [4.69, 9.17) is 9.84 Å². The summed E-state index contributed by atoms with van der Waals surface area (Å²) in [6, 6.07) is 6.23. The molecule has 0 aliphatic rings. The van der Waals surface area contributed by atoms with Crippen molar-refractivity contribution >= 4 is 16.9 Å². The summed E-state index contributed by atoms with van der Waals surface area (Å²) >= 11 is 0. The molecule has 2 rings (SSSR count). The van der Waals surface area contributed by atoms with Crippen LogP contribution in [0.15, 0.2) is 24.3 Å². The number of fused-ring (bicyclic) bond motifs is 1. The molecule has 1 unspecified atom stereocenters. The lowest BCUT2D eigenvalue weighted by atomic mass is 10.00. The molecule has 6 heteroatoms. The first kappa shape index (κ1) is 15.2. The van der Waals surface area contributed by atoms with Crippen LogP contribution in [0.1, 0.15) is 30.9 Å². The molecule has 0 aliphatic heterocycles. The molecule has 1 aromatic heterocycles. The Morgan fingerprint density at radius 3 is 2.76 bits per heavy atom. The Morgan fingerprint density at radius 1 is 1.38 bits per heavy atom. The van der Waals surface area contributed by atoms with Crippen LogP contribution in [0.25, 0.3) is 10.9 Å². The maximum atomic E-state index is 14.0. The van der Waals surface area contributed by atoms with Gasteiger partial charge in [0.25, 0.3) is 0 Å². The van der Waals surface area contributed by atoms with E-state index in [1.165, 1.54) is 13.2 Å². The molecule has 2 N–H and O–H groups in total. The second-order valence-electron chi connectivity index (χ2n) is 4.69. The molecule has 0 bridgehead atoms. The minimum absolute atomic E-state index is 0.0693. The number of aromatic nitrogens is 1. The van der Waals surface area contributed by atoms with E-state index in [9.17, 15) is 14.3 Å². The lowest BCUT2D eigenvalue weighted by Crippen LogP contribution is -2.05. The highest BCUT2D eigenvalue weighted by Gasteiger charge is 2.18. The van der Waals surface area contributed by atoms with Crippen LogP contribution in [-0.4, -0.2) is 28.3 Å². The van der Waals surface area contributed by atoms with Gasteiger partial charge >= 0.3 is 5.97 Å². The van der Waals surface area contributed by atoms with E-state index in [-0.39, 0.29) is 24.8 Å². The van der Waals surface area contributed by atoms with Gasteiger partial charge in [-0.05, 0) is 31.0 Å². The maximum absolute atomic E-state index is 14.0. The van der Waals surface area contributed by atoms with E-state index < -0.39 is 17.9 Å². The Morgan fingerprint density at radius 2 is 2.10 bits per heavy atom. The minimum Gasteiger partial charge on any atom is -0.481 e. The molecule has 112 valence electrons. The van der Waals surface area contributed by atoms with E-state index in [2.05, 4.69) is 4.98 Å². The number of benzene rings is 1. The Hall–Kier alpha value is -2.21. The topological polar surface area (TPSA) is 79.7 Å². The fourth-order valence-corrected chi connectivity index (χ4v) is 2.19. The van der Waals surface area contributed by atoms with Gasteiger partial charge in [-0.2, -0.15) is 0 Å². The Balaban J connectivity index is 2.36. The van der Waals surface area contributed by atoms with Gasteiger partial charge in [0, 0.05) is 23.4 Å². The zero-order valence-corrected chi connectivity index (χ0v) is 11.5. The van der Waals surface area contributed by atoms with Crippen molar-refractivity contribution in [3.8, 4) is 5.88 Å². The highest BCUT2D eigenvalue weighted by molar-refractivity contribution is 5.83. The Kier molecular flexibility index (Phi) is 4.70. The van der Waals surface area contributed by atoms with Gasteiger partial charge in [-0.3, -0.25) is 4.79 Å². The first-order valence-corrected chi connectivity index (χ1v) is 6.56. The third kappa shape index (κ3) is 3.46. The van der Waals surface area contributed by atoms with E-state index in [1.807, 2.05) is 0 Å². The fourth-order valence-electron chi connectivity index (χ4n) is 2.19. The number of carboxylic acid groups (broad SMARTS) is 1. The summed E-state index contributed by atoms with van der Waals surface area (Å²) in [5, 5.41) is 19.5. The van der Waals surface area contributed by atoms with Gasteiger partial charge in [-0.15, -0.1) is 0 Å². The monoisotopic (exact) mass is 293 g/mol. The molecule has 1 heterocycles. The largest absolute Gasteiger partial charge is 0.481 e. The molecule has 0 saturated carbocycles. The molecule has 0 saturated heterocycles. The van der Waals surface area contributed by atoms with Gasteiger partial charge in [-0.25, -0.2) is 9.37 Å². The van der Waals surface area contributed by atoms with E-state index in [1.54, 1.807) is 18.2 Å². The van der Waals surface area contributed by atoms with E-state index in [0.29, 0.717) is 16.8 Å². The second-order valence-corrected chi connectivity index (χ2v) is 4.69. The third-order valence-electron chi connectivity index (χ3n) is 3.23. The van der Waals surface area contributed by atoms with Crippen molar-refractivity contribution in [1.29, 1.82) is 0 Å². The standard InChI is InChI=1S/C15H16FNO4/c1-21-12-8-6-9-5-7-10(16)14(15(9)17-12)11(18)3-2-4-13(19)20/h5-8,11,18H,2-4H2,1H3,(H,19,20). The van der Waals surface area contributed by atoms with Crippen molar-refractivity contribution < 1.29 is 24.1 Å². The average molecular weight is 293 g/mol. The second kappa shape index (κ2) is 6.49. The quantitative estimate of drug-likeness (QED) is 0.856. The fraction of sp³-hybridized carbons (Fsp3) is 0.333. The van der Waals surface area contributed by atoms with Crippen LogP contribution < -0.4 is 4.74 Å². The van der Waals surface area contributed by atoms with Gasteiger partial charge in [0.2, 0.25) is 5.88 Å². The first-order valence-electron chi connectivity index (χ1n) is 6.56. The zero-order chi connectivity index (χ0) is 15.4. The highest BCUT2D eigenvalue weighted by atomic mass is 19.1. The summed E-state index contributed by atoms with van der Waals surface area (Å²) in [7, 11) is 1.45. The van der Waals surface area contributed by atoms with Crippen LogP contribution in [0.4, 0.5) is 4.39 Å². The SMILES string of the molecule is COc1ccc2ccc(F)c(C(O)CCCC(=O)O)c2n1. The number of nitrogens with zero attached hydrogens (tertiary/aromatic N) is 1. The van der Waals surface area contributed by atoms with E-state index >= 15 is 0 Å². The van der Waals surface area contributed by atoms with Crippen molar-refractivity contribution in [1.82, 2.24) is 4.98 Å². The number of hydrogen-bond acceptors (Lipinski definition) is 4. The van der Waals surface area contributed by atoms with Crippen molar-refractivity contribution in [3.63, 3.8) is 0 Å². The zero-order valence-electron chi connectivity index (χ0n) is 11.5. The summed E-state index contributed by atoms with van der Waals surface area (Å²) in [4.78, 5) is 14.7. The number of pyridine rings is 1. The minimum atomic E-state index is -1.10. The van der Waals surface area contributed by atoms with Crippen molar-refractivity contribution in [2.75, 3.05) is 7.11 Å². The predicted octanol–water partition coefficient (Wildman–Crippen LogP) is 2.67. The van der Waals surface area contributed by atoms with E-state index in [0.717, 1.165) is 0 Å². The summed E-state index contributed by atoms with van der Waals surface area (Å²) in [6.45, 7) is 0. The number of rotatable bonds is 6. The molecule has 21 heavy (non-hydrogen) atoms. The van der Waals surface area contributed by atoms with Crippen LogP contribution in [0.3, 0.4) is 0 Å². The summed E-state index contributed by atoms with van der Waals surface area (Å²) in [6.07, 6.45) is -0.759. The van der Waals surface area contributed by atoms with Crippen molar-refractivity contribution in [2.45, 2.75) is 25.4 Å². The third-order valence-corrected chi connectivity index (χ3v) is 3.23. The number of aliphatic hydroxyl groups excluding tert-OH is 1. The number of halogens is 1. The molecule has 0 fully saturated rings. The number of methoxy groups -OCH3 is 1. The van der Waals surface area contributed by atoms with Crippen molar-refractivity contribution in [2.24, 2.45) is 0 Å². The first-order chi connectivity index (χ1) is 10.0. The molecule has 0 spiro atoms. The van der Waals surface area contributed by atoms with Crippen LogP contribution >= 0.6 is 0 Å². The summed E-state index contributed by atoms with van der Waals surface area (Å²) < 4.78 is 19.1. The molecular formula is C15H16FNO4. The van der Waals surface area contributed by atoms with Gasteiger partial charge in [0.1, 0.15) is 5.82 Å². The van der Waals surface area contributed by atoms with Gasteiger partial charge < -0.3 is 14.9 Å². The van der Waals surface area contributed by atoms with Gasteiger partial charge in [0.05, 0.1) is 18.7 Å². The number of carboxylic acids is 1. The van der Waals surface area contributed by atoms with Gasteiger partial charge in [-0.1, -0.05) is 0 Å². The van der Waals surface area contributed by atoms with Crippen LogP contribution in [0.5, 0.6) is 5.88 Å². The number of ether oxygens (including phenoxy) is 1. The molecule has 0 aliphatic carbocycles. The molecular weight excluding hydrogens is 277 g/mol. The number of aliphatic carboxylic acids is 1. The predicted molar refractivity (Wildman–Crippen MR) is 74.7 cm³/mol. The van der Waals surface area contributed by atoms with Crippen molar-refractivity contribution in [3.05, 3.63) is 35.6 Å². The Labute approximate surface area is 121 Å². The summed E-state index contributed by atoms with van der Waals surface area (Å²) in [5.74, 6) is -1.18. The summed E-state index contributed by atoms with van der Waals surface area (Å²) in [5.41, 5.74) is 0.411. The van der Waals surface area contributed by atoms with Gasteiger partial charge in [0.15, 0.2) is 0 Å². The molecule has 1 aromatic carbocycles.